The summed E-state index contributed by atoms with van der Waals surface area (Å²) in [6.07, 6.45) is -0.476. The third-order valence-corrected chi connectivity index (χ3v) is 5.12. The summed E-state index contributed by atoms with van der Waals surface area (Å²) in [5, 5.41) is 7.21. The number of hydrogen-bond acceptors (Lipinski definition) is 6. The highest BCUT2D eigenvalue weighted by Gasteiger charge is 2.34. The van der Waals surface area contributed by atoms with Gasteiger partial charge in [0, 0.05) is 37.7 Å². The molecule has 1 amide bonds. The largest absolute Gasteiger partial charge is 0.458 e. The summed E-state index contributed by atoms with van der Waals surface area (Å²) in [5.74, 6) is -0.718. The number of carbonyl (C=O) groups excluding carboxylic acids is 1. The van der Waals surface area contributed by atoms with Crippen LogP contribution in [-0.4, -0.2) is 56.1 Å². The number of rotatable bonds is 5. The second-order valence-corrected chi connectivity index (χ2v) is 7.86. The number of anilines is 1. The van der Waals surface area contributed by atoms with Crippen LogP contribution in [0.15, 0.2) is 28.7 Å². The first-order valence-electron chi connectivity index (χ1n) is 10.1. The van der Waals surface area contributed by atoms with Crippen LogP contribution in [0.3, 0.4) is 0 Å². The van der Waals surface area contributed by atoms with E-state index in [9.17, 15) is 13.6 Å². The fourth-order valence-corrected chi connectivity index (χ4v) is 3.56. The van der Waals surface area contributed by atoms with Crippen LogP contribution in [0.1, 0.15) is 30.0 Å². The van der Waals surface area contributed by atoms with Gasteiger partial charge in [-0.15, -0.1) is 0 Å². The van der Waals surface area contributed by atoms with Crippen molar-refractivity contribution in [3.63, 3.8) is 0 Å². The topological polar surface area (TPSA) is 89.1 Å². The number of carbonyl (C=O) groups is 1. The Kier molecular flexibility index (Phi) is 5.57. The molecular formula is C21H24F2N6O2. The molecule has 3 aromatic heterocycles. The van der Waals surface area contributed by atoms with Gasteiger partial charge < -0.3 is 9.73 Å². The molecule has 0 saturated carbocycles. The Hall–Kier alpha value is -3.14. The van der Waals surface area contributed by atoms with Crippen LogP contribution in [0.4, 0.5) is 14.6 Å². The van der Waals surface area contributed by atoms with Crippen molar-refractivity contribution in [3.8, 4) is 17.4 Å². The van der Waals surface area contributed by atoms with E-state index >= 15 is 0 Å². The maximum Gasteiger partial charge on any atom is 0.250 e. The summed E-state index contributed by atoms with van der Waals surface area (Å²) in [6.45, 7) is 5.98. The molecule has 0 unspecified atom stereocenters. The molecule has 0 spiro atoms. The molecule has 0 aromatic carbocycles. The van der Waals surface area contributed by atoms with E-state index in [-0.39, 0.29) is 44.2 Å². The molecule has 164 valence electrons. The van der Waals surface area contributed by atoms with E-state index in [1.54, 1.807) is 27.8 Å². The Morgan fingerprint density at radius 3 is 2.52 bits per heavy atom. The molecule has 0 atom stereocenters. The minimum Gasteiger partial charge on any atom is -0.458 e. The number of furan rings is 1. The highest BCUT2D eigenvalue weighted by Crippen LogP contribution is 2.27. The Morgan fingerprint density at radius 1 is 1.16 bits per heavy atom. The van der Waals surface area contributed by atoms with Gasteiger partial charge in [0.2, 0.25) is 5.91 Å². The molecule has 1 aliphatic rings. The highest BCUT2D eigenvalue weighted by molar-refractivity contribution is 5.91. The fraction of sp³-hybridized carbons (Fsp3) is 0.429. The van der Waals surface area contributed by atoms with Crippen molar-refractivity contribution in [1.82, 2.24) is 24.6 Å². The monoisotopic (exact) mass is 430 g/mol. The minimum absolute atomic E-state index is 0.0184. The predicted octanol–water partition coefficient (Wildman–Crippen LogP) is 3.52. The predicted molar refractivity (Wildman–Crippen MR) is 110 cm³/mol. The molecule has 1 N–H and O–H groups in total. The van der Waals surface area contributed by atoms with Crippen LogP contribution in [0.25, 0.3) is 17.4 Å². The van der Waals surface area contributed by atoms with E-state index in [2.05, 4.69) is 20.4 Å². The molecule has 31 heavy (non-hydrogen) atoms. The first kappa shape index (κ1) is 21.1. The van der Waals surface area contributed by atoms with Crippen LogP contribution in [0, 0.1) is 20.8 Å². The molecule has 4 heterocycles. The maximum atomic E-state index is 13.3. The molecule has 0 bridgehead atoms. The lowest BCUT2D eigenvalue weighted by atomic mass is 10.1. The Balaban J connectivity index is 1.58. The number of piperidine rings is 1. The summed E-state index contributed by atoms with van der Waals surface area (Å²) >= 11 is 0. The van der Waals surface area contributed by atoms with Crippen molar-refractivity contribution >= 4 is 11.7 Å². The zero-order chi connectivity index (χ0) is 22.2. The lowest BCUT2D eigenvalue weighted by molar-refractivity contribution is -0.119. The van der Waals surface area contributed by atoms with Gasteiger partial charge in [0.25, 0.3) is 5.92 Å². The SMILES string of the molecule is Cc1cc(C)n(-c2cc(NC(=O)CN3CCC(F)(F)CC3)nc(-c3ccc(C)o3)n2)n1. The van der Waals surface area contributed by atoms with Gasteiger partial charge in [-0.05, 0) is 39.0 Å². The van der Waals surface area contributed by atoms with E-state index < -0.39 is 5.92 Å². The van der Waals surface area contributed by atoms with Crippen LogP contribution in [0.5, 0.6) is 0 Å². The summed E-state index contributed by atoms with van der Waals surface area (Å²) in [6, 6.07) is 7.11. The second kappa shape index (κ2) is 8.18. The molecule has 10 heteroatoms. The van der Waals surface area contributed by atoms with Crippen molar-refractivity contribution in [3.05, 3.63) is 41.4 Å². The molecule has 0 aliphatic carbocycles. The van der Waals surface area contributed by atoms with E-state index in [4.69, 9.17) is 4.42 Å². The molecular weight excluding hydrogens is 406 g/mol. The Morgan fingerprint density at radius 2 is 1.90 bits per heavy atom. The standard InChI is InChI=1S/C21H24F2N6O2/c1-13-10-14(2)29(27-13)18-11-17(25-20(26-18)16-5-4-15(3)31-16)24-19(30)12-28-8-6-21(22,23)7-9-28/h4-5,10-11H,6-9,12H2,1-3H3,(H,24,25,26,30). The summed E-state index contributed by atoms with van der Waals surface area (Å²) in [4.78, 5) is 23.3. The number of alkyl halides is 2. The van der Waals surface area contributed by atoms with Crippen LogP contribution >= 0.6 is 0 Å². The smallest absolute Gasteiger partial charge is 0.250 e. The Bertz CT molecular complexity index is 1100. The van der Waals surface area contributed by atoms with Gasteiger partial charge in [-0.3, -0.25) is 9.69 Å². The van der Waals surface area contributed by atoms with Gasteiger partial charge in [0.15, 0.2) is 17.4 Å². The van der Waals surface area contributed by atoms with Crippen molar-refractivity contribution in [2.24, 2.45) is 0 Å². The number of aryl methyl sites for hydroxylation is 3. The lowest BCUT2D eigenvalue weighted by Crippen LogP contribution is -2.43. The van der Waals surface area contributed by atoms with Gasteiger partial charge in [0.1, 0.15) is 11.6 Å². The number of hydrogen-bond donors (Lipinski definition) is 1. The number of aromatic nitrogens is 4. The van der Waals surface area contributed by atoms with Gasteiger partial charge in [-0.1, -0.05) is 0 Å². The third kappa shape index (κ3) is 4.96. The zero-order valence-corrected chi connectivity index (χ0v) is 17.7. The normalized spacial score (nSPS) is 16.4. The van der Waals surface area contributed by atoms with Crippen LogP contribution < -0.4 is 5.32 Å². The zero-order valence-electron chi connectivity index (χ0n) is 17.7. The molecule has 3 aromatic rings. The highest BCUT2D eigenvalue weighted by atomic mass is 19.3. The Labute approximate surface area is 178 Å². The summed E-state index contributed by atoms with van der Waals surface area (Å²) in [5.41, 5.74) is 1.71. The van der Waals surface area contributed by atoms with E-state index in [0.29, 0.717) is 23.2 Å². The second-order valence-electron chi connectivity index (χ2n) is 7.86. The first-order valence-corrected chi connectivity index (χ1v) is 10.1. The number of nitrogens with zero attached hydrogens (tertiary/aromatic N) is 5. The van der Waals surface area contributed by atoms with Gasteiger partial charge in [0.05, 0.1) is 12.2 Å². The molecule has 1 saturated heterocycles. The average Bonchev–Trinajstić information content (AvgIpc) is 3.28. The average molecular weight is 430 g/mol. The van der Waals surface area contributed by atoms with Gasteiger partial charge >= 0.3 is 0 Å². The maximum absolute atomic E-state index is 13.3. The number of amides is 1. The van der Waals surface area contributed by atoms with E-state index in [0.717, 1.165) is 11.4 Å². The molecule has 8 nitrogen and oxygen atoms in total. The van der Waals surface area contributed by atoms with E-state index in [1.807, 2.05) is 26.8 Å². The fourth-order valence-electron chi connectivity index (χ4n) is 3.56. The minimum atomic E-state index is -2.65. The van der Waals surface area contributed by atoms with Gasteiger partial charge in [-0.2, -0.15) is 5.10 Å². The summed E-state index contributed by atoms with van der Waals surface area (Å²) < 4.78 is 34.0. The lowest BCUT2D eigenvalue weighted by Gasteiger charge is -2.31. The van der Waals surface area contributed by atoms with Crippen molar-refractivity contribution in [2.75, 3.05) is 25.0 Å². The molecule has 4 rings (SSSR count). The van der Waals surface area contributed by atoms with Crippen molar-refractivity contribution < 1.29 is 18.0 Å². The van der Waals surface area contributed by atoms with Crippen LogP contribution in [0.2, 0.25) is 0 Å². The van der Waals surface area contributed by atoms with Gasteiger partial charge in [-0.25, -0.2) is 23.4 Å². The summed E-state index contributed by atoms with van der Waals surface area (Å²) in [7, 11) is 0. The quantitative estimate of drug-likeness (QED) is 0.666. The number of likely N-dealkylation sites (tertiary alicyclic amines) is 1. The molecule has 0 radical (unpaired) electrons. The molecule has 1 fully saturated rings. The third-order valence-electron chi connectivity index (χ3n) is 5.12. The number of halogens is 2. The van der Waals surface area contributed by atoms with E-state index in [1.165, 1.54) is 0 Å². The molecule has 1 aliphatic heterocycles. The first-order chi connectivity index (χ1) is 14.7. The van der Waals surface area contributed by atoms with Crippen LogP contribution in [-0.2, 0) is 4.79 Å². The van der Waals surface area contributed by atoms with Crippen molar-refractivity contribution in [1.29, 1.82) is 0 Å². The number of nitrogens with one attached hydrogen (secondary N) is 1. The van der Waals surface area contributed by atoms with Crippen molar-refractivity contribution in [2.45, 2.75) is 39.5 Å².